The molecule has 3 rings (SSSR count). The molecule has 0 fully saturated rings. The number of ether oxygens (including phenoxy) is 1. The van der Waals surface area contributed by atoms with Gasteiger partial charge in [-0.15, -0.1) is 0 Å². The van der Waals surface area contributed by atoms with Crippen LogP contribution >= 0.6 is 0 Å². The van der Waals surface area contributed by atoms with Crippen molar-refractivity contribution in [1.29, 1.82) is 0 Å². The summed E-state index contributed by atoms with van der Waals surface area (Å²) in [5.74, 6) is 0.0138. The lowest BCUT2D eigenvalue weighted by Crippen LogP contribution is -2.16. The Morgan fingerprint density at radius 2 is 2.13 bits per heavy atom. The van der Waals surface area contributed by atoms with Crippen LogP contribution in [0.1, 0.15) is 17.3 Å². The molecule has 0 aliphatic carbocycles. The maximum absolute atomic E-state index is 12.6. The van der Waals surface area contributed by atoms with Crippen LogP contribution in [0.3, 0.4) is 0 Å². The van der Waals surface area contributed by atoms with Crippen molar-refractivity contribution in [3.63, 3.8) is 0 Å². The monoisotopic (exact) mass is 309 g/mol. The first kappa shape index (κ1) is 14.7. The predicted octanol–water partition coefficient (Wildman–Crippen LogP) is 2.31. The SMILES string of the molecule is CCOc1ncccc1C(=O)Nc1ccccc1-n1cncn1. The van der Waals surface area contributed by atoms with Gasteiger partial charge in [0.25, 0.3) is 5.91 Å². The third-order valence-corrected chi connectivity index (χ3v) is 3.11. The molecule has 0 aliphatic rings. The normalized spacial score (nSPS) is 10.3. The van der Waals surface area contributed by atoms with E-state index >= 15 is 0 Å². The van der Waals surface area contributed by atoms with Gasteiger partial charge in [0, 0.05) is 6.20 Å². The van der Waals surface area contributed by atoms with E-state index in [1.54, 1.807) is 35.4 Å². The van der Waals surface area contributed by atoms with Gasteiger partial charge in [0.2, 0.25) is 5.88 Å². The quantitative estimate of drug-likeness (QED) is 0.782. The minimum absolute atomic E-state index is 0.297. The fraction of sp³-hybridized carbons (Fsp3) is 0.125. The summed E-state index contributed by atoms with van der Waals surface area (Å²) in [7, 11) is 0. The van der Waals surface area contributed by atoms with Crippen LogP contribution in [0.5, 0.6) is 5.88 Å². The Morgan fingerprint density at radius 3 is 2.91 bits per heavy atom. The van der Waals surface area contributed by atoms with Crippen molar-refractivity contribution >= 4 is 11.6 Å². The lowest BCUT2D eigenvalue weighted by molar-refractivity contribution is 0.102. The minimum atomic E-state index is -0.297. The van der Waals surface area contributed by atoms with Crippen molar-refractivity contribution in [2.75, 3.05) is 11.9 Å². The summed E-state index contributed by atoms with van der Waals surface area (Å²) < 4.78 is 6.98. The van der Waals surface area contributed by atoms with Crippen molar-refractivity contribution in [3.8, 4) is 11.6 Å². The lowest BCUT2D eigenvalue weighted by atomic mass is 10.2. The largest absolute Gasteiger partial charge is 0.477 e. The van der Waals surface area contributed by atoms with Gasteiger partial charge < -0.3 is 10.1 Å². The van der Waals surface area contributed by atoms with E-state index in [-0.39, 0.29) is 5.91 Å². The summed E-state index contributed by atoms with van der Waals surface area (Å²) >= 11 is 0. The number of nitrogens with zero attached hydrogens (tertiary/aromatic N) is 4. The Kier molecular flexibility index (Phi) is 4.28. The van der Waals surface area contributed by atoms with Gasteiger partial charge >= 0.3 is 0 Å². The van der Waals surface area contributed by atoms with Crippen molar-refractivity contribution in [1.82, 2.24) is 19.7 Å². The standard InChI is InChI=1S/C16H15N5O2/c1-2-23-16-12(6-5-9-18-16)15(22)20-13-7-3-4-8-14(13)21-11-17-10-19-21/h3-11H,2H2,1H3,(H,20,22). The van der Waals surface area contributed by atoms with Crippen LogP contribution in [0.2, 0.25) is 0 Å². The van der Waals surface area contributed by atoms with Gasteiger partial charge in [-0.2, -0.15) is 5.10 Å². The van der Waals surface area contributed by atoms with Gasteiger partial charge in [-0.3, -0.25) is 4.79 Å². The average molecular weight is 309 g/mol. The number of carbonyl (C=O) groups excluding carboxylic acids is 1. The zero-order valence-electron chi connectivity index (χ0n) is 12.5. The van der Waals surface area contributed by atoms with E-state index in [2.05, 4.69) is 20.4 Å². The highest BCUT2D eigenvalue weighted by Gasteiger charge is 2.15. The second kappa shape index (κ2) is 6.69. The van der Waals surface area contributed by atoms with Crippen molar-refractivity contribution in [2.45, 2.75) is 6.92 Å². The molecule has 0 saturated carbocycles. The topological polar surface area (TPSA) is 81.9 Å². The number of benzene rings is 1. The molecule has 0 spiro atoms. The van der Waals surface area contributed by atoms with Crippen molar-refractivity contribution in [3.05, 3.63) is 60.8 Å². The Labute approximate surface area is 133 Å². The maximum atomic E-state index is 12.6. The van der Waals surface area contributed by atoms with E-state index in [4.69, 9.17) is 4.74 Å². The van der Waals surface area contributed by atoms with Gasteiger partial charge in [-0.05, 0) is 31.2 Å². The molecular weight excluding hydrogens is 294 g/mol. The molecule has 1 aromatic carbocycles. The second-order valence-electron chi connectivity index (χ2n) is 4.60. The van der Waals surface area contributed by atoms with E-state index in [9.17, 15) is 4.79 Å². The first-order valence-electron chi connectivity index (χ1n) is 7.12. The van der Waals surface area contributed by atoms with E-state index in [1.165, 1.54) is 6.33 Å². The number of anilines is 1. The van der Waals surface area contributed by atoms with Crippen LogP contribution in [-0.2, 0) is 0 Å². The van der Waals surface area contributed by atoms with Crippen LogP contribution in [0, 0.1) is 0 Å². The minimum Gasteiger partial charge on any atom is -0.477 e. The zero-order valence-corrected chi connectivity index (χ0v) is 12.5. The molecule has 0 aliphatic heterocycles. The summed E-state index contributed by atoms with van der Waals surface area (Å²) in [5, 5.41) is 6.96. The number of hydrogen-bond donors (Lipinski definition) is 1. The zero-order chi connectivity index (χ0) is 16.1. The third kappa shape index (κ3) is 3.18. The van der Waals surface area contributed by atoms with Gasteiger partial charge in [-0.25, -0.2) is 14.6 Å². The number of para-hydroxylation sites is 2. The highest BCUT2D eigenvalue weighted by Crippen LogP contribution is 2.21. The number of nitrogens with one attached hydrogen (secondary N) is 1. The molecule has 0 unspecified atom stereocenters. The van der Waals surface area contributed by atoms with Gasteiger partial charge in [0.15, 0.2) is 0 Å². The average Bonchev–Trinajstić information content (AvgIpc) is 3.10. The molecule has 0 saturated heterocycles. The Bertz CT molecular complexity index is 802. The Hall–Kier alpha value is -3.22. The van der Waals surface area contributed by atoms with E-state index in [1.807, 2.05) is 25.1 Å². The number of rotatable bonds is 5. The molecule has 116 valence electrons. The second-order valence-corrected chi connectivity index (χ2v) is 4.60. The number of aromatic nitrogens is 4. The van der Waals surface area contributed by atoms with Crippen LogP contribution in [-0.4, -0.2) is 32.3 Å². The predicted molar refractivity (Wildman–Crippen MR) is 84.7 cm³/mol. The molecular formula is C16H15N5O2. The van der Waals surface area contributed by atoms with Crippen molar-refractivity contribution < 1.29 is 9.53 Å². The summed E-state index contributed by atoms with van der Waals surface area (Å²) in [6.07, 6.45) is 4.60. The van der Waals surface area contributed by atoms with E-state index in [0.29, 0.717) is 23.7 Å². The molecule has 2 heterocycles. The van der Waals surface area contributed by atoms with Crippen LogP contribution in [0.15, 0.2) is 55.2 Å². The molecule has 7 nitrogen and oxygen atoms in total. The number of amides is 1. The number of hydrogen-bond acceptors (Lipinski definition) is 5. The molecule has 1 amide bonds. The number of pyridine rings is 1. The molecule has 3 aromatic rings. The van der Waals surface area contributed by atoms with Crippen molar-refractivity contribution in [2.24, 2.45) is 0 Å². The first-order chi connectivity index (χ1) is 11.3. The van der Waals surface area contributed by atoms with Crippen LogP contribution in [0.25, 0.3) is 5.69 Å². The lowest BCUT2D eigenvalue weighted by Gasteiger charge is -2.12. The van der Waals surface area contributed by atoms with Gasteiger partial charge in [0.05, 0.1) is 18.0 Å². The fourth-order valence-corrected chi connectivity index (χ4v) is 2.12. The maximum Gasteiger partial charge on any atom is 0.261 e. The summed E-state index contributed by atoms with van der Waals surface area (Å²) in [4.78, 5) is 20.6. The molecule has 2 aromatic heterocycles. The smallest absolute Gasteiger partial charge is 0.261 e. The highest BCUT2D eigenvalue weighted by molar-refractivity contribution is 6.06. The van der Waals surface area contributed by atoms with Gasteiger partial charge in [-0.1, -0.05) is 12.1 Å². The number of carbonyl (C=O) groups is 1. The van der Waals surface area contributed by atoms with Crippen LogP contribution < -0.4 is 10.1 Å². The summed E-state index contributed by atoms with van der Waals surface area (Å²) in [6.45, 7) is 2.28. The summed E-state index contributed by atoms with van der Waals surface area (Å²) in [6, 6.07) is 10.7. The summed E-state index contributed by atoms with van der Waals surface area (Å²) in [5.41, 5.74) is 1.72. The third-order valence-electron chi connectivity index (χ3n) is 3.11. The molecule has 0 bridgehead atoms. The Balaban J connectivity index is 1.90. The molecule has 23 heavy (non-hydrogen) atoms. The van der Waals surface area contributed by atoms with E-state index in [0.717, 1.165) is 5.69 Å². The fourth-order valence-electron chi connectivity index (χ4n) is 2.12. The van der Waals surface area contributed by atoms with Crippen LogP contribution in [0.4, 0.5) is 5.69 Å². The molecule has 0 atom stereocenters. The molecule has 7 heteroatoms. The van der Waals surface area contributed by atoms with E-state index < -0.39 is 0 Å². The highest BCUT2D eigenvalue weighted by atomic mass is 16.5. The first-order valence-corrected chi connectivity index (χ1v) is 7.12. The Morgan fingerprint density at radius 1 is 1.26 bits per heavy atom. The van der Waals surface area contributed by atoms with Gasteiger partial charge in [0.1, 0.15) is 18.2 Å². The molecule has 0 radical (unpaired) electrons. The molecule has 1 N–H and O–H groups in total.